The largest absolute Gasteiger partial charge is 0.316 e. The first-order valence-electron chi connectivity index (χ1n) is 4.40. The third-order valence-electron chi connectivity index (χ3n) is 1.93. The lowest BCUT2D eigenvalue weighted by Gasteiger charge is -1.99. The van der Waals surface area contributed by atoms with E-state index in [-0.39, 0.29) is 23.1 Å². The molecule has 2 rings (SSSR count). The fourth-order valence-corrected chi connectivity index (χ4v) is 1.29. The topological polar surface area (TPSA) is 0 Å². The van der Waals surface area contributed by atoms with Gasteiger partial charge in [0, 0.05) is 6.42 Å². The van der Waals surface area contributed by atoms with Crippen molar-refractivity contribution in [2.75, 3.05) is 0 Å². The molecule has 0 spiro atoms. The molecule has 0 unspecified atom stereocenters. The number of benzene rings is 2. The minimum atomic E-state index is 0. The molecular formula is C13H13Mg. The van der Waals surface area contributed by atoms with Gasteiger partial charge in [-0.05, 0) is 11.1 Å². The molecule has 0 N–H and O–H groups in total. The van der Waals surface area contributed by atoms with Crippen LogP contribution in [0.15, 0.2) is 60.7 Å². The molecule has 0 aliphatic heterocycles. The summed E-state index contributed by atoms with van der Waals surface area (Å²) in [7, 11) is 0. The van der Waals surface area contributed by atoms with Crippen molar-refractivity contribution in [3.8, 4) is 0 Å². The van der Waals surface area contributed by atoms with Gasteiger partial charge in [0.2, 0.25) is 0 Å². The van der Waals surface area contributed by atoms with Gasteiger partial charge in [-0.1, -0.05) is 60.7 Å². The summed E-state index contributed by atoms with van der Waals surface area (Å²) < 4.78 is 0. The molecule has 0 saturated heterocycles. The fraction of sp³-hybridized carbons (Fsp3) is 0. The Morgan fingerprint density at radius 3 is 1.29 bits per heavy atom. The summed E-state index contributed by atoms with van der Waals surface area (Å²) in [4.78, 5) is 0. The van der Waals surface area contributed by atoms with E-state index in [1.165, 1.54) is 11.1 Å². The van der Waals surface area contributed by atoms with Gasteiger partial charge in [0.25, 0.3) is 0 Å². The first-order chi connectivity index (χ1) is 6.45. The van der Waals surface area contributed by atoms with E-state index in [1.54, 1.807) is 0 Å². The Hall–Kier alpha value is -0.794. The van der Waals surface area contributed by atoms with Crippen molar-refractivity contribution in [3.05, 3.63) is 78.2 Å². The lowest BCUT2D eigenvalue weighted by Crippen LogP contribution is -1.82. The van der Waals surface area contributed by atoms with Crippen molar-refractivity contribution in [1.82, 2.24) is 0 Å². The molecule has 2 aromatic carbocycles. The molecule has 0 bridgehead atoms. The van der Waals surface area contributed by atoms with E-state index in [9.17, 15) is 0 Å². The van der Waals surface area contributed by atoms with Crippen LogP contribution >= 0.6 is 0 Å². The van der Waals surface area contributed by atoms with E-state index in [0.29, 0.717) is 0 Å². The average Bonchev–Trinajstić information content (AvgIpc) is 2.21. The van der Waals surface area contributed by atoms with Gasteiger partial charge in [-0.15, -0.1) is 0 Å². The molecule has 67 valence electrons. The standard InChI is InChI=1S/C13H11.Mg.2H/c1-3-7-12(8-4-1)11-13-9-5-2-6-10-13;;;/h1-11H;;;. The summed E-state index contributed by atoms with van der Waals surface area (Å²) >= 11 is 0. The molecule has 0 aromatic heterocycles. The Bertz CT molecular complexity index is 316. The van der Waals surface area contributed by atoms with Gasteiger partial charge in [0.05, 0.1) is 0 Å². The molecule has 0 fully saturated rings. The molecular weight excluding hydrogens is 180 g/mol. The first kappa shape index (κ1) is 11.3. The first-order valence-corrected chi connectivity index (χ1v) is 4.40. The van der Waals surface area contributed by atoms with E-state index in [0.717, 1.165) is 0 Å². The normalized spacial score (nSPS) is 9.14. The minimum absolute atomic E-state index is 0. The summed E-state index contributed by atoms with van der Waals surface area (Å²) in [6.45, 7) is 0. The van der Waals surface area contributed by atoms with Crippen molar-refractivity contribution < 1.29 is 0 Å². The Kier molecular flexibility index (Phi) is 4.70. The van der Waals surface area contributed by atoms with Crippen LogP contribution in [0, 0.1) is 6.42 Å². The summed E-state index contributed by atoms with van der Waals surface area (Å²) in [6, 6.07) is 20.7. The van der Waals surface area contributed by atoms with Gasteiger partial charge in [0.15, 0.2) is 0 Å². The third kappa shape index (κ3) is 3.16. The average molecular weight is 194 g/mol. The van der Waals surface area contributed by atoms with Crippen LogP contribution in [0.1, 0.15) is 11.1 Å². The number of rotatable bonds is 2. The second-order valence-electron chi connectivity index (χ2n) is 2.97. The Morgan fingerprint density at radius 2 is 0.929 bits per heavy atom. The molecule has 2 aromatic rings. The van der Waals surface area contributed by atoms with Crippen LogP contribution in [0.2, 0.25) is 0 Å². The molecule has 1 radical (unpaired) electrons. The second-order valence-corrected chi connectivity index (χ2v) is 2.97. The smallest absolute Gasteiger partial charge is 0.0622 e. The molecule has 0 saturated carbocycles. The zero-order chi connectivity index (χ0) is 8.93. The molecule has 1 heteroatoms. The zero-order valence-electron chi connectivity index (χ0n) is 7.35. The highest BCUT2D eigenvalue weighted by Gasteiger charge is 1.93. The molecule has 0 atom stereocenters. The van der Waals surface area contributed by atoms with Gasteiger partial charge in [-0.2, -0.15) is 0 Å². The van der Waals surface area contributed by atoms with Gasteiger partial charge < -0.3 is 0 Å². The lowest BCUT2D eigenvalue weighted by molar-refractivity contribution is 1.43. The van der Waals surface area contributed by atoms with E-state index in [4.69, 9.17) is 0 Å². The van der Waals surface area contributed by atoms with Gasteiger partial charge >= 0.3 is 23.1 Å². The molecule has 0 nitrogen and oxygen atoms in total. The highest BCUT2D eigenvalue weighted by Crippen LogP contribution is 2.10. The lowest BCUT2D eigenvalue weighted by atomic mass is 10.1. The zero-order valence-corrected chi connectivity index (χ0v) is 7.35. The van der Waals surface area contributed by atoms with E-state index in [2.05, 4.69) is 55.0 Å². The molecule has 0 amide bonds. The maximum absolute atomic E-state index is 2.17. The van der Waals surface area contributed by atoms with Crippen LogP contribution in [-0.4, -0.2) is 23.1 Å². The SMILES string of the molecule is [CH](c1ccccc1)c1ccccc1.[MgH2]. The van der Waals surface area contributed by atoms with Crippen LogP contribution in [0.25, 0.3) is 0 Å². The van der Waals surface area contributed by atoms with Crippen molar-refractivity contribution in [3.63, 3.8) is 0 Å². The van der Waals surface area contributed by atoms with E-state index >= 15 is 0 Å². The second kappa shape index (κ2) is 5.84. The maximum Gasteiger partial charge on any atom is 0.316 e. The summed E-state index contributed by atoms with van der Waals surface area (Å²) in [5.41, 5.74) is 2.49. The van der Waals surface area contributed by atoms with Crippen LogP contribution in [0.4, 0.5) is 0 Å². The highest BCUT2D eigenvalue weighted by molar-refractivity contribution is 5.75. The minimum Gasteiger partial charge on any atom is -0.0622 e. The third-order valence-corrected chi connectivity index (χ3v) is 1.93. The van der Waals surface area contributed by atoms with Gasteiger partial charge in [-0.25, -0.2) is 0 Å². The summed E-state index contributed by atoms with van der Waals surface area (Å²) in [6.07, 6.45) is 2.17. The highest BCUT2D eigenvalue weighted by atomic mass is 24.3. The van der Waals surface area contributed by atoms with Gasteiger partial charge in [0.1, 0.15) is 0 Å². The summed E-state index contributed by atoms with van der Waals surface area (Å²) in [5.74, 6) is 0. The quantitative estimate of drug-likeness (QED) is 0.643. The van der Waals surface area contributed by atoms with Crippen molar-refractivity contribution in [1.29, 1.82) is 0 Å². The molecule has 0 heterocycles. The van der Waals surface area contributed by atoms with Gasteiger partial charge in [-0.3, -0.25) is 0 Å². The number of hydrogen-bond donors (Lipinski definition) is 0. The molecule has 0 aliphatic carbocycles. The van der Waals surface area contributed by atoms with Crippen LogP contribution < -0.4 is 0 Å². The van der Waals surface area contributed by atoms with Crippen molar-refractivity contribution >= 4 is 23.1 Å². The fourth-order valence-electron chi connectivity index (χ4n) is 1.29. The Morgan fingerprint density at radius 1 is 0.571 bits per heavy atom. The van der Waals surface area contributed by atoms with E-state index < -0.39 is 0 Å². The van der Waals surface area contributed by atoms with Crippen LogP contribution in [0.5, 0.6) is 0 Å². The van der Waals surface area contributed by atoms with E-state index in [1.807, 2.05) is 12.1 Å². The van der Waals surface area contributed by atoms with Crippen molar-refractivity contribution in [2.24, 2.45) is 0 Å². The predicted octanol–water partition coefficient (Wildman–Crippen LogP) is 2.37. The maximum atomic E-state index is 2.17. The predicted molar refractivity (Wildman–Crippen MR) is 63.9 cm³/mol. The van der Waals surface area contributed by atoms with Crippen LogP contribution in [0.3, 0.4) is 0 Å². The molecule has 0 aliphatic rings. The Balaban J connectivity index is 0.000000980. The summed E-state index contributed by atoms with van der Waals surface area (Å²) in [5, 5.41) is 0. The van der Waals surface area contributed by atoms with Crippen LogP contribution in [-0.2, 0) is 0 Å². The van der Waals surface area contributed by atoms with Crippen molar-refractivity contribution in [2.45, 2.75) is 0 Å². The number of hydrogen-bond acceptors (Lipinski definition) is 0. The Labute approximate surface area is 101 Å². The monoisotopic (exact) mass is 193 g/mol. The molecule has 14 heavy (non-hydrogen) atoms.